The van der Waals surface area contributed by atoms with Crippen molar-refractivity contribution in [3.8, 4) is 0 Å². The Morgan fingerprint density at radius 3 is 2.76 bits per heavy atom. The van der Waals surface area contributed by atoms with Crippen LogP contribution in [-0.4, -0.2) is 36.6 Å². The van der Waals surface area contributed by atoms with Gasteiger partial charge in [-0.1, -0.05) is 20.8 Å². The molecular formula is C19H24N6. The highest BCUT2D eigenvalue weighted by Gasteiger charge is 2.31. The van der Waals surface area contributed by atoms with Gasteiger partial charge in [0.05, 0.1) is 23.8 Å². The number of nitrogens with one attached hydrogen (secondary N) is 2. The molecule has 0 saturated heterocycles. The standard InChI is InChI=1S/C19H24N6/c1-19(2,3)16-10-14(23-24-16)11-25-9-6-15-17(22-12-21-15)18(25)13-4-7-20-8-5-13/h4-5,7-8,10,12,18H,6,9,11H2,1-3H3,(H,21,22)(H,23,24)/t18-/m0/s1. The van der Waals surface area contributed by atoms with Gasteiger partial charge in [-0.15, -0.1) is 0 Å². The van der Waals surface area contributed by atoms with Crippen LogP contribution in [0.4, 0.5) is 0 Å². The number of pyridine rings is 1. The van der Waals surface area contributed by atoms with Crippen LogP contribution < -0.4 is 0 Å². The van der Waals surface area contributed by atoms with Crippen LogP contribution in [0.25, 0.3) is 0 Å². The van der Waals surface area contributed by atoms with E-state index in [1.165, 1.54) is 11.3 Å². The zero-order valence-electron chi connectivity index (χ0n) is 15.0. The van der Waals surface area contributed by atoms with Crippen molar-refractivity contribution in [3.05, 3.63) is 65.3 Å². The lowest BCUT2D eigenvalue weighted by Gasteiger charge is -2.34. The molecule has 0 unspecified atom stereocenters. The Balaban J connectivity index is 1.65. The summed E-state index contributed by atoms with van der Waals surface area (Å²) < 4.78 is 0. The zero-order chi connectivity index (χ0) is 17.4. The monoisotopic (exact) mass is 336 g/mol. The molecule has 0 aliphatic carbocycles. The molecule has 0 aromatic carbocycles. The van der Waals surface area contributed by atoms with Gasteiger partial charge in [0.15, 0.2) is 0 Å². The van der Waals surface area contributed by atoms with Crippen LogP contribution in [0.5, 0.6) is 0 Å². The van der Waals surface area contributed by atoms with Crippen molar-refractivity contribution in [3.63, 3.8) is 0 Å². The van der Waals surface area contributed by atoms with E-state index >= 15 is 0 Å². The van der Waals surface area contributed by atoms with Crippen molar-refractivity contribution in [2.45, 2.75) is 45.2 Å². The number of imidazole rings is 1. The molecule has 3 aromatic heterocycles. The van der Waals surface area contributed by atoms with Crippen molar-refractivity contribution < 1.29 is 0 Å². The highest BCUT2D eigenvalue weighted by atomic mass is 15.2. The van der Waals surface area contributed by atoms with Gasteiger partial charge in [-0.05, 0) is 23.8 Å². The predicted octanol–water partition coefficient (Wildman–Crippen LogP) is 2.97. The second-order valence-corrected chi connectivity index (χ2v) is 7.70. The SMILES string of the molecule is CC(C)(C)c1cc(CN2CCc3[nH]cnc3[C@@H]2c2ccncc2)[nH]n1. The molecule has 3 aromatic rings. The summed E-state index contributed by atoms with van der Waals surface area (Å²) in [4.78, 5) is 14.5. The number of nitrogens with zero attached hydrogens (tertiary/aromatic N) is 4. The first-order chi connectivity index (χ1) is 12.0. The van der Waals surface area contributed by atoms with Gasteiger partial charge in [-0.3, -0.25) is 15.0 Å². The lowest BCUT2D eigenvalue weighted by Crippen LogP contribution is -2.36. The molecule has 0 bridgehead atoms. The van der Waals surface area contributed by atoms with Gasteiger partial charge in [-0.2, -0.15) is 5.10 Å². The number of fused-ring (bicyclic) bond motifs is 1. The molecule has 0 spiro atoms. The summed E-state index contributed by atoms with van der Waals surface area (Å²) >= 11 is 0. The minimum Gasteiger partial charge on any atom is -0.348 e. The van der Waals surface area contributed by atoms with E-state index in [9.17, 15) is 0 Å². The van der Waals surface area contributed by atoms with E-state index in [4.69, 9.17) is 0 Å². The van der Waals surface area contributed by atoms with Gasteiger partial charge in [0.25, 0.3) is 0 Å². The van der Waals surface area contributed by atoms with Crippen molar-refractivity contribution >= 4 is 0 Å². The third-order valence-electron chi connectivity index (χ3n) is 4.82. The first-order valence-corrected chi connectivity index (χ1v) is 8.73. The Hall–Kier alpha value is -2.47. The predicted molar refractivity (Wildman–Crippen MR) is 96.1 cm³/mol. The fourth-order valence-electron chi connectivity index (χ4n) is 3.46. The van der Waals surface area contributed by atoms with Gasteiger partial charge in [-0.25, -0.2) is 4.98 Å². The molecule has 0 amide bonds. The second kappa shape index (κ2) is 6.11. The summed E-state index contributed by atoms with van der Waals surface area (Å²) in [7, 11) is 0. The van der Waals surface area contributed by atoms with Crippen LogP contribution in [0, 0.1) is 0 Å². The number of aromatic amines is 2. The van der Waals surface area contributed by atoms with E-state index in [1.807, 2.05) is 12.4 Å². The van der Waals surface area contributed by atoms with Crippen LogP contribution in [0.15, 0.2) is 36.9 Å². The van der Waals surface area contributed by atoms with E-state index < -0.39 is 0 Å². The van der Waals surface area contributed by atoms with Crippen LogP contribution in [-0.2, 0) is 18.4 Å². The van der Waals surface area contributed by atoms with Crippen molar-refractivity contribution in [1.82, 2.24) is 30.0 Å². The molecule has 0 saturated carbocycles. The molecule has 25 heavy (non-hydrogen) atoms. The minimum absolute atomic E-state index is 0.0521. The summed E-state index contributed by atoms with van der Waals surface area (Å²) in [6, 6.07) is 6.48. The second-order valence-electron chi connectivity index (χ2n) is 7.70. The van der Waals surface area contributed by atoms with Crippen molar-refractivity contribution in [1.29, 1.82) is 0 Å². The summed E-state index contributed by atoms with van der Waals surface area (Å²) in [6.07, 6.45) is 6.48. The molecule has 0 fully saturated rings. The van der Waals surface area contributed by atoms with E-state index in [0.29, 0.717) is 0 Å². The van der Waals surface area contributed by atoms with Crippen LogP contribution in [0.1, 0.15) is 55.2 Å². The van der Waals surface area contributed by atoms with Gasteiger partial charge in [0.2, 0.25) is 0 Å². The van der Waals surface area contributed by atoms with E-state index in [2.05, 4.69) is 69.0 Å². The van der Waals surface area contributed by atoms with Crippen molar-refractivity contribution in [2.24, 2.45) is 0 Å². The molecule has 1 aliphatic rings. The van der Waals surface area contributed by atoms with Gasteiger partial charge in [0, 0.05) is 48.7 Å². The third-order valence-corrected chi connectivity index (χ3v) is 4.82. The first kappa shape index (κ1) is 16.0. The van der Waals surface area contributed by atoms with E-state index in [0.717, 1.165) is 36.6 Å². The van der Waals surface area contributed by atoms with Crippen LogP contribution in [0.2, 0.25) is 0 Å². The number of rotatable bonds is 3. The fraction of sp³-hybridized carbons (Fsp3) is 0.421. The maximum absolute atomic E-state index is 4.61. The average Bonchev–Trinajstić information content (AvgIpc) is 3.24. The molecule has 0 radical (unpaired) electrons. The van der Waals surface area contributed by atoms with Gasteiger partial charge < -0.3 is 4.98 Å². The smallest absolute Gasteiger partial charge is 0.0926 e. The molecule has 6 heteroatoms. The Morgan fingerprint density at radius 2 is 2.04 bits per heavy atom. The lowest BCUT2D eigenvalue weighted by atomic mass is 9.92. The Labute approximate surface area is 147 Å². The topological polar surface area (TPSA) is 73.5 Å². The Morgan fingerprint density at radius 1 is 1.24 bits per heavy atom. The van der Waals surface area contributed by atoms with Crippen LogP contribution >= 0.6 is 0 Å². The minimum atomic E-state index is 0.0521. The number of hydrogen-bond donors (Lipinski definition) is 2. The first-order valence-electron chi connectivity index (χ1n) is 8.73. The fourth-order valence-corrected chi connectivity index (χ4v) is 3.46. The molecule has 1 atom stereocenters. The summed E-state index contributed by atoms with van der Waals surface area (Å²) in [6.45, 7) is 8.35. The molecule has 2 N–H and O–H groups in total. The highest BCUT2D eigenvalue weighted by Crippen LogP contribution is 2.34. The van der Waals surface area contributed by atoms with E-state index in [-0.39, 0.29) is 11.5 Å². The molecule has 4 rings (SSSR count). The Bertz CT molecular complexity index is 842. The summed E-state index contributed by atoms with van der Waals surface area (Å²) in [5, 5.41) is 7.72. The molecule has 4 heterocycles. The maximum Gasteiger partial charge on any atom is 0.0926 e. The maximum atomic E-state index is 4.61. The quantitative estimate of drug-likeness (QED) is 0.771. The summed E-state index contributed by atoms with van der Waals surface area (Å²) in [5.41, 5.74) is 5.87. The molecule has 1 aliphatic heterocycles. The Kier molecular flexibility index (Phi) is 3.92. The molecule has 6 nitrogen and oxygen atoms in total. The zero-order valence-corrected chi connectivity index (χ0v) is 15.0. The lowest BCUT2D eigenvalue weighted by molar-refractivity contribution is 0.198. The third kappa shape index (κ3) is 3.09. The normalized spacial score (nSPS) is 18.3. The van der Waals surface area contributed by atoms with E-state index in [1.54, 1.807) is 6.33 Å². The van der Waals surface area contributed by atoms with Crippen LogP contribution in [0.3, 0.4) is 0 Å². The average molecular weight is 336 g/mol. The largest absolute Gasteiger partial charge is 0.348 e. The van der Waals surface area contributed by atoms with Gasteiger partial charge in [0.1, 0.15) is 0 Å². The highest BCUT2D eigenvalue weighted by molar-refractivity contribution is 5.31. The van der Waals surface area contributed by atoms with Crippen molar-refractivity contribution in [2.75, 3.05) is 6.54 Å². The van der Waals surface area contributed by atoms with Gasteiger partial charge >= 0.3 is 0 Å². The summed E-state index contributed by atoms with van der Waals surface area (Å²) in [5.74, 6) is 0. The number of H-pyrrole nitrogens is 2. The number of aromatic nitrogens is 5. The molecular weight excluding hydrogens is 312 g/mol. The number of hydrogen-bond acceptors (Lipinski definition) is 4. The molecule has 130 valence electrons.